The van der Waals surface area contributed by atoms with Crippen molar-refractivity contribution in [2.75, 3.05) is 0 Å². The summed E-state index contributed by atoms with van der Waals surface area (Å²) in [6.07, 6.45) is 7.88. The van der Waals surface area contributed by atoms with Crippen LogP contribution in [0, 0.1) is 0 Å². The number of carbonyl (C=O) groups excluding carboxylic acids is 1. The first-order chi connectivity index (χ1) is 15.5. The molecule has 0 aliphatic heterocycles. The Labute approximate surface area is 188 Å². The Morgan fingerprint density at radius 2 is 1.75 bits per heavy atom. The number of aromatic carboxylic acids is 1. The Morgan fingerprint density at radius 3 is 2.44 bits per heavy atom. The zero-order valence-corrected chi connectivity index (χ0v) is 18.8. The second-order valence-corrected chi connectivity index (χ2v) is 7.89. The van der Waals surface area contributed by atoms with Crippen LogP contribution in [0.2, 0.25) is 0 Å². The van der Waals surface area contributed by atoms with Gasteiger partial charge in [-0.1, -0.05) is 57.4 Å². The lowest BCUT2D eigenvalue weighted by Crippen LogP contribution is -2.08. The molecule has 0 saturated carbocycles. The monoisotopic (exact) mass is 434 g/mol. The van der Waals surface area contributed by atoms with Crippen LogP contribution in [0.3, 0.4) is 0 Å². The fourth-order valence-corrected chi connectivity index (χ4v) is 3.54. The Morgan fingerprint density at radius 1 is 1.00 bits per heavy atom. The average Bonchev–Trinajstić information content (AvgIpc) is 3.20. The van der Waals surface area contributed by atoms with Gasteiger partial charge >= 0.3 is 5.97 Å². The lowest BCUT2D eigenvalue weighted by Gasteiger charge is -2.08. The number of aromatic nitrogens is 4. The molecule has 168 valence electrons. The molecular formula is C25H30N4O3. The van der Waals surface area contributed by atoms with Crippen LogP contribution in [-0.4, -0.2) is 36.6 Å². The molecule has 0 fully saturated rings. The number of carboxylic acid groups (broad SMARTS) is 1. The number of unbranched alkanes of at least 4 members (excludes halogenated alkanes) is 3. The van der Waals surface area contributed by atoms with Gasteiger partial charge in [-0.2, -0.15) is 0 Å². The van der Waals surface area contributed by atoms with E-state index in [1.807, 2.05) is 28.9 Å². The van der Waals surface area contributed by atoms with E-state index in [1.54, 1.807) is 18.3 Å². The zero-order valence-electron chi connectivity index (χ0n) is 18.8. The molecule has 7 nitrogen and oxygen atoms in total. The van der Waals surface area contributed by atoms with Gasteiger partial charge in [-0.05, 0) is 30.5 Å². The molecule has 1 N–H and O–H groups in total. The summed E-state index contributed by atoms with van der Waals surface area (Å²) < 4.78 is 1.83. The van der Waals surface area contributed by atoms with Gasteiger partial charge in [0.1, 0.15) is 5.82 Å². The van der Waals surface area contributed by atoms with Crippen molar-refractivity contribution in [3.8, 4) is 11.3 Å². The standard InChI is InChI=1S/C25H30N4O3/c1-3-5-7-11-22-27-24(21(30)10-6-4-2)28-29(22)17-18-12-14-19(15-13-18)23-20(25(31)32)9-8-16-26-23/h8-9,12-16H,3-7,10-11,17H2,1-2H3,(H,31,32). The highest BCUT2D eigenvalue weighted by Crippen LogP contribution is 2.22. The number of pyridine rings is 1. The van der Waals surface area contributed by atoms with Crippen LogP contribution in [0.5, 0.6) is 0 Å². The lowest BCUT2D eigenvalue weighted by atomic mass is 10.0. The van der Waals surface area contributed by atoms with Crippen LogP contribution in [-0.2, 0) is 13.0 Å². The van der Waals surface area contributed by atoms with Gasteiger partial charge in [0.25, 0.3) is 0 Å². The van der Waals surface area contributed by atoms with Gasteiger partial charge in [0.05, 0.1) is 17.8 Å². The Balaban J connectivity index is 1.82. The largest absolute Gasteiger partial charge is 0.478 e. The van der Waals surface area contributed by atoms with Gasteiger partial charge in [-0.15, -0.1) is 5.10 Å². The van der Waals surface area contributed by atoms with E-state index in [2.05, 4.69) is 28.9 Å². The first kappa shape index (κ1) is 23.3. The molecule has 7 heteroatoms. The number of carboxylic acids is 1. The first-order valence-electron chi connectivity index (χ1n) is 11.3. The maximum atomic E-state index is 12.4. The van der Waals surface area contributed by atoms with Crippen molar-refractivity contribution in [3.05, 3.63) is 65.4 Å². The molecule has 0 bridgehead atoms. The van der Waals surface area contributed by atoms with Crippen LogP contribution < -0.4 is 0 Å². The molecule has 3 aromatic rings. The van der Waals surface area contributed by atoms with Crippen molar-refractivity contribution < 1.29 is 14.7 Å². The minimum absolute atomic E-state index is 0.00552. The van der Waals surface area contributed by atoms with E-state index in [1.165, 1.54) is 0 Å². The zero-order chi connectivity index (χ0) is 22.9. The third kappa shape index (κ3) is 5.87. The normalized spacial score (nSPS) is 10.9. The van der Waals surface area contributed by atoms with E-state index in [-0.39, 0.29) is 11.3 Å². The van der Waals surface area contributed by atoms with E-state index < -0.39 is 5.97 Å². The maximum absolute atomic E-state index is 12.4. The molecule has 0 amide bonds. The van der Waals surface area contributed by atoms with E-state index in [9.17, 15) is 14.7 Å². The predicted molar refractivity (Wildman–Crippen MR) is 123 cm³/mol. The molecule has 2 aromatic heterocycles. The van der Waals surface area contributed by atoms with E-state index >= 15 is 0 Å². The molecule has 32 heavy (non-hydrogen) atoms. The molecule has 2 heterocycles. The minimum Gasteiger partial charge on any atom is -0.478 e. The average molecular weight is 435 g/mol. The van der Waals surface area contributed by atoms with Gasteiger partial charge in [0.15, 0.2) is 0 Å². The summed E-state index contributed by atoms with van der Waals surface area (Å²) in [4.78, 5) is 32.7. The van der Waals surface area contributed by atoms with Gasteiger partial charge in [-0.3, -0.25) is 9.78 Å². The summed E-state index contributed by atoms with van der Waals surface area (Å²) in [6.45, 7) is 4.72. The van der Waals surface area contributed by atoms with Crippen molar-refractivity contribution >= 4 is 11.8 Å². The summed E-state index contributed by atoms with van der Waals surface area (Å²) in [5, 5.41) is 13.9. The highest BCUT2D eigenvalue weighted by molar-refractivity contribution is 5.94. The van der Waals surface area contributed by atoms with Crippen molar-refractivity contribution in [3.63, 3.8) is 0 Å². The van der Waals surface area contributed by atoms with Gasteiger partial charge in [-0.25, -0.2) is 14.5 Å². The number of carbonyl (C=O) groups is 2. The summed E-state index contributed by atoms with van der Waals surface area (Å²) in [7, 11) is 0. The highest BCUT2D eigenvalue weighted by atomic mass is 16.4. The molecular weight excluding hydrogens is 404 g/mol. The predicted octanol–water partition coefficient (Wildman–Crippen LogP) is 5.19. The number of nitrogens with zero attached hydrogens (tertiary/aromatic N) is 4. The lowest BCUT2D eigenvalue weighted by molar-refractivity contribution is 0.0697. The van der Waals surface area contributed by atoms with Crippen molar-refractivity contribution in [2.45, 2.75) is 65.3 Å². The summed E-state index contributed by atoms with van der Waals surface area (Å²) in [5.74, 6) is 0.132. The summed E-state index contributed by atoms with van der Waals surface area (Å²) >= 11 is 0. The summed E-state index contributed by atoms with van der Waals surface area (Å²) in [5.41, 5.74) is 2.35. The number of benzene rings is 1. The van der Waals surface area contributed by atoms with E-state index in [0.717, 1.165) is 55.5 Å². The number of rotatable bonds is 12. The second-order valence-electron chi connectivity index (χ2n) is 7.89. The van der Waals surface area contributed by atoms with Crippen LogP contribution in [0.25, 0.3) is 11.3 Å². The molecule has 0 spiro atoms. The minimum atomic E-state index is -1.00. The van der Waals surface area contributed by atoms with E-state index in [0.29, 0.717) is 24.5 Å². The van der Waals surface area contributed by atoms with E-state index in [4.69, 9.17) is 0 Å². The topological polar surface area (TPSA) is 98.0 Å². The molecule has 0 radical (unpaired) electrons. The Bertz CT molecular complexity index is 1060. The molecule has 0 aliphatic rings. The maximum Gasteiger partial charge on any atom is 0.337 e. The third-order valence-electron chi connectivity index (χ3n) is 5.36. The second kappa shape index (κ2) is 11.3. The highest BCUT2D eigenvalue weighted by Gasteiger charge is 2.17. The quantitative estimate of drug-likeness (QED) is 0.311. The molecule has 3 rings (SSSR count). The van der Waals surface area contributed by atoms with Crippen LogP contribution >= 0.6 is 0 Å². The van der Waals surface area contributed by atoms with Crippen LogP contribution in [0.1, 0.15) is 84.7 Å². The first-order valence-corrected chi connectivity index (χ1v) is 11.3. The van der Waals surface area contributed by atoms with Crippen LogP contribution in [0.15, 0.2) is 42.6 Å². The summed E-state index contributed by atoms with van der Waals surface area (Å²) in [6, 6.07) is 10.8. The number of aryl methyl sites for hydroxylation is 1. The number of hydrogen-bond donors (Lipinski definition) is 1. The molecule has 0 atom stereocenters. The van der Waals surface area contributed by atoms with Crippen molar-refractivity contribution in [1.82, 2.24) is 19.7 Å². The van der Waals surface area contributed by atoms with Crippen LogP contribution in [0.4, 0.5) is 0 Å². The fourth-order valence-electron chi connectivity index (χ4n) is 3.54. The molecule has 0 saturated heterocycles. The number of hydrogen-bond acceptors (Lipinski definition) is 5. The Kier molecular flexibility index (Phi) is 8.25. The molecule has 0 unspecified atom stereocenters. The number of Topliss-reactive ketones (excluding diaryl/α,β-unsaturated/α-hetero) is 1. The smallest absolute Gasteiger partial charge is 0.337 e. The van der Waals surface area contributed by atoms with Gasteiger partial charge in [0, 0.05) is 24.6 Å². The molecule has 1 aromatic carbocycles. The fraction of sp³-hybridized carbons (Fsp3) is 0.400. The molecule has 0 aliphatic carbocycles. The SMILES string of the molecule is CCCCCc1nc(C(=O)CCCC)nn1Cc1ccc(-c2ncccc2C(=O)O)cc1. The number of ketones is 1. The van der Waals surface area contributed by atoms with Gasteiger partial charge < -0.3 is 5.11 Å². The third-order valence-corrected chi connectivity index (χ3v) is 5.36. The Hall–Kier alpha value is -3.35. The van der Waals surface area contributed by atoms with Crippen molar-refractivity contribution in [1.29, 1.82) is 0 Å². The van der Waals surface area contributed by atoms with Gasteiger partial charge in [0.2, 0.25) is 11.6 Å². The van der Waals surface area contributed by atoms with Crippen molar-refractivity contribution in [2.24, 2.45) is 0 Å².